The molecule has 1 aromatic heterocycles. The largest absolute Gasteiger partial charge is 0.481 e. The van der Waals surface area contributed by atoms with E-state index in [1.807, 2.05) is 16.6 Å². The highest BCUT2D eigenvalue weighted by Crippen LogP contribution is 2.59. The van der Waals surface area contributed by atoms with Gasteiger partial charge in [-0.15, -0.1) is 0 Å². The number of carboxylic acid groups (broad SMARTS) is 1. The first kappa shape index (κ1) is 31.8. The maximum absolute atomic E-state index is 13.0. The van der Waals surface area contributed by atoms with Gasteiger partial charge in [0, 0.05) is 42.8 Å². The SMILES string of the molecule is Cn1nc(C2=CCC(C(=O)O)CC2)c2c1CC(C(=O)N1CC3(CCCO3)C1)CC2.O=Cc1c(Cl)cccc1C1(C(F)(F)F)CC1. The molecule has 3 heterocycles. The number of ether oxygens (including phenoxy) is 1. The summed E-state index contributed by atoms with van der Waals surface area (Å²) in [5.74, 6) is -0.689. The number of alkyl halides is 3. The molecule has 1 saturated carbocycles. The molecule has 2 atom stereocenters. The van der Waals surface area contributed by atoms with Gasteiger partial charge in [-0.3, -0.25) is 19.1 Å². The number of amides is 1. The molecule has 1 aromatic carbocycles. The number of allylic oxidation sites excluding steroid dienone is 2. The third-order valence-electron chi connectivity index (χ3n) is 10.3. The summed E-state index contributed by atoms with van der Waals surface area (Å²) in [6.07, 6.45) is 4.85. The molecular weight excluding hydrogens is 611 g/mol. The first-order valence-corrected chi connectivity index (χ1v) is 16.0. The van der Waals surface area contributed by atoms with E-state index in [4.69, 9.17) is 21.4 Å². The number of halogens is 4. The number of carbonyl (C=O) groups is 3. The van der Waals surface area contributed by atoms with Crippen molar-refractivity contribution < 1.29 is 37.4 Å². The van der Waals surface area contributed by atoms with Gasteiger partial charge in [0.15, 0.2) is 6.29 Å². The second kappa shape index (κ2) is 11.9. The van der Waals surface area contributed by atoms with E-state index in [1.54, 1.807) is 0 Å². The summed E-state index contributed by atoms with van der Waals surface area (Å²) in [6.45, 7) is 2.34. The van der Waals surface area contributed by atoms with Gasteiger partial charge >= 0.3 is 12.1 Å². The lowest BCUT2D eigenvalue weighted by Crippen LogP contribution is -2.64. The van der Waals surface area contributed by atoms with E-state index >= 15 is 0 Å². The van der Waals surface area contributed by atoms with Gasteiger partial charge in [-0.25, -0.2) is 0 Å². The van der Waals surface area contributed by atoms with Crippen LogP contribution in [0.25, 0.3) is 5.57 Å². The van der Waals surface area contributed by atoms with Crippen LogP contribution in [-0.2, 0) is 39.6 Å². The Kier molecular flexibility index (Phi) is 8.39. The van der Waals surface area contributed by atoms with Crippen molar-refractivity contribution in [3.8, 4) is 0 Å². The predicted octanol–water partition coefficient (Wildman–Crippen LogP) is 5.93. The number of carbonyl (C=O) groups excluding carboxylic acids is 2. The van der Waals surface area contributed by atoms with Gasteiger partial charge < -0.3 is 14.7 Å². The minimum absolute atomic E-state index is 0.00231. The van der Waals surface area contributed by atoms with E-state index in [0.717, 1.165) is 63.9 Å². The molecule has 2 aliphatic heterocycles. The van der Waals surface area contributed by atoms with E-state index in [1.165, 1.54) is 35.0 Å². The zero-order valence-corrected chi connectivity index (χ0v) is 25.9. The summed E-state index contributed by atoms with van der Waals surface area (Å²) in [6, 6.07) is 4.19. The number of nitrogens with zero attached hydrogens (tertiary/aromatic N) is 3. The molecule has 0 bridgehead atoms. The van der Waals surface area contributed by atoms with E-state index in [2.05, 4.69) is 6.08 Å². The molecule has 7 rings (SSSR count). The first-order chi connectivity index (χ1) is 21.4. The van der Waals surface area contributed by atoms with Crippen LogP contribution in [0.3, 0.4) is 0 Å². The van der Waals surface area contributed by atoms with Gasteiger partial charge in [-0.2, -0.15) is 18.3 Å². The molecule has 12 heteroatoms. The number of likely N-dealkylation sites (tertiary alicyclic amines) is 1. The summed E-state index contributed by atoms with van der Waals surface area (Å²) in [5.41, 5.74) is 2.69. The van der Waals surface area contributed by atoms with Crippen molar-refractivity contribution in [2.24, 2.45) is 18.9 Å². The Balaban J connectivity index is 0.000000189. The fourth-order valence-corrected chi connectivity index (χ4v) is 7.71. The van der Waals surface area contributed by atoms with Crippen molar-refractivity contribution in [1.82, 2.24) is 14.7 Å². The van der Waals surface area contributed by atoms with E-state index in [0.29, 0.717) is 19.1 Å². The Morgan fingerprint density at radius 2 is 1.87 bits per heavy atom. The van der Waals surface area contributed by atoms with Gasteiger partial charge in [0.05, 0.1) is 35.1 Å². The molecule has 8 nitrogen and oxygen atoms in total. The van der Waals surface area contributed by atoms with Crippen LogP contribution in [0.5, 0.6) is 0 Å². The Bertz CT molecular complexity index is 1530. The maximum atomic E-state index is 13.0. The second-order valence-corrected chi connectivity index (χ2v) is 13.5. The van der Waals surface area contributed by atoms with Crippen LogP contribution in [0.1, 0.15) is 84.2 Å². The predicted molar refractivity (Wildman–Crippen MR) is 160 cm³/mol. The normalized spacial score (nSPS) is 24.6. The molecule has 1 amide bonds. The van der Waals surface area contributed by atoms with Gasteiger partial charge in [-0.05, 0) is 75.0 Å². The Morgan fingerprint density at radius 1 is 1.13 bits per heavy atom. The van der Waals surface area contributed by atoms with Crippen LogP contribution in [0.2, 0.25) is 5.02 Å². The van der Waals surface area contributed by atoms with Crippen molar-refractivity contribution in [3.63, 3.8) is 0 Å². The molecular formula is C33H37ClF3N3O5. The summed E-state index contributed by atoms with van der Waals surface area (Å²) in [7, 11) is 1.96. The molecule has 2 aromatic rings. The van der Waals surface area contributed by atoms with Crippen LogP contribution in [0, 0.1) is 11.8 Å². The third-order valence-corrected chi connectivity index (χ3v) is 10.6. The van der Waals surface area contributed by atoms with Gasteiger partial charge in [-0.1, -0.05) is 29.8 Å². The van der Waals surface area contributed by atoms with Crippen LogP contribution in [-0.4, -0.2) is 69.4 Å². The number of fused-ring (bicyclic) bond motifs is 1. The van der Waals surface area contributed by atoms with Crippen molar-refractivity contribution in [2.45, 2.75) is 81.4 Å². The Morgan fingerprint density at radius 3 is 2.44 bits per heavy atom. The highest BCUT2D eigenvalue weighted by molar-refractivity contribution is 6.33. The Labute approximate surface area is 264 Å². The van der Waals surface area contributed by atoms with Gasteiger partial charge in [0.2, 0.25) is 5.91 Å². The number of rotatable bonds is 5. The van der Waals surface area contributed by atoms with E-state index in [9.17, 15) is 32.7 Å². The quantitative estimate of drug-likeness (QED) is 0.404. The van der Waals surface area contributed by atoms with Crippen molar-refractivity contribution in [1.29, 1.82) is 0 Å². The number of aryl methyl sites for hydroxylation is 1. The van der Waals surface area contributed by atoms with Gasteiger partial charge in [0.1, 0.15) is 5.60 Å². The van der Waals surface area contributed by atoms with Crippen LogP contribution >= 0.6 is 11.6 Å². The fourth-order valence-electron chi connectivity index (χ4n) is 7.49. The minimum atomic E-state index is -4.32. The monoisotopic (exact) mass is 647 g/mol. The molecule has 45 heavy (non-hydrogen) atoms. The molecule has 3 aliphatic carbocycles. The summed E-state index contributed by atoms with van der Waals surface area (Å²) < 4.78 is 46.4. The highest BCUT2D eigenvalue weighted by Gasteiger charge is 2.65. The average Bonchev–Trinajstić information content (AvgIpc) is 3.57. The van der Waals surface area contributed by atoms with Crippen molar-refractivity contribution in [2.75, 3.05) is 19.7 Å². The molecule has 3 fully saturated rings. The molecule has 2 saturated heterocycles. The van der Waals surface area contributed by atoms with Crippen LogP contribution in [0.15, 0.2) is 24.3 Å². The number of aromatic nitrogens is 2. The molecule has 0 radical (unpaired) electrons. The number of hydrogen-bond donors (Lipinski definition) is 1. The third kappa shape index (κ3) is 5.82. The molecule has 1 N–H and O–H groups in total. The maximum Gasteiger partial charge on any atom is 0.398 e. The van der Waals surface area contributed by atoms with Crippen LogP contribution < -0.4 is 0 Å². The van der Waals surface area contributed by atoms with E-state index in [-0.39, 0.29) is 52.3 Å². The molecule has 242 valence electrons. The summed E-state index contributed by atoms with van der Waals surface area (Å²) >= 11 is 5.71. The standard InChI is InChI=1S/C22H29N3O4.C11H8ClF3O/c1-24-18-11-16(20(26)25-12-22(13-25)9-2-10-29-22)7-8-17(18)19(23-24)14-3-5-15(6-4-14)21(27)28;12-9-3-1-2-8(7(9)6-16)10(4-5-10)11(13,14)15/h3,15-16H,2,4-13H2,1H3,(H,27,28);1-3,6H,4-5H2. The summed E-state index contributed by atoms with van der Waals surface area (Å²) in [5, 5.41) is 14.1. The molecule has 1 spiro atoms. The number of aliphatic carboxylic acids is 1. The number of carboxylic acids is 1. The average molecular weight is 648 g/mol. The van der Waals surface area contributed by atoms with Crippen LogP contribution in [0.4, 0.5) is 13.2 Å². The minimum Gasteiger partial charge on any atom is -0.481 e. The number of aldehydes is 1. The smallest absolute Gasteiger partial charge is 0.398 e. The van der Waals surface area contributed by atoms with Gasteiger partial charge in [0.25, 0.3) is 0 Å². The fraction of sp³-hybridized carbons (Fsp3) is 0.576. The first-order valence-electron chi connectivity index (χ1n) is 15.6. The Hall–Kier alpha value is -3.18. The lowest BCUT2D eigenvalue weighted by atomic mass is 9.81. The molecule has 5 aliphatic rings. The lowest BCUT2D eigenvalue weighted by Gasteiger charge is -2.48. The number of hydrogen-bond acceptors (Lipinski definition) is 5. The van der Waals surface area contributed by atoms with Crippen molar-refractivity contribution in [3.05, 3.63) is 57.4 Å². The second-order valence-electron chi connectivity index (χ2n) is 13.1. The number of benzene rings is 1. The lowest BCUT2D eigenvalue weighted by molar-refractivity contribution is -0.162. The van der Waals surface area contributed by atoms with Crippen molar-refractivity contribution >= 4 is 35.3 Å². The zero-order chi connectivity index (χ0) is 32.1. The topological polar surface area (TPSA) is 102 Å². The van der Waals surface area contributed by atoms with E-state index < -0.39 is 17.6 Å². The highest BCUT2D eigenvalue weighted by atomic mass is 35.5. The molecule has 2 unspecified atom stereocenters. The zero-order valence-electron chi connectivity index (χ0n) is 25.2. The summed E-state index contributed by atoms with van der Waals surface area (Å²) in [4.78, 5) is 37.0.